The summed E-state index contributed by atoms with van der Waals surface area (Å²) in [6.07, 6.45) is 0. The van der Waals surface area contributed by atoms with Crippen molar-refractivity contribution in [2.24, 2.45) is 0 Å². The van der Waals surface area contributed by atoms with E-state index in [1.165, 1.54) is 0 Å². The molecule has 2 aromatic carbocycles. The second kappa shape index (κ2) is 7.57. The van der Waals surface area contributed by atoms with Crippen molar-refractivity contribution < 1.29 is 58.5 Å². The molecule has 12 heteroatoms. The number of carbonyl (C=O) groups is 4. The summed E-state index contributed by atoms with van der Waals surface area (Å²) in [7, 11) is 0. The lowest BCUT2D eigenvalue weighted by Gasteiger charge is -2.12. The molecule has 0 heterocycles. The van der Waals surface area contributed by atoms with Crippen molar-refractivity contribution >= 4 is 23.9 Å². The van der Waals surface area contributed by atoms with Crippen LogP contribution in [0.5, 0.6) is 11.5 Å². The summed E-state index contributed by atoms with van der Waals surface area (Å²) in [5, 5.41) is 36.5. The molecule has 0 radical (unpaired) electrons. The zero-order valence-corrected chi connectivity index (χ0v) is 13.3. The van der Waals surface area contributed by atoms with Crippen LogP contribution in [0.25, 0.3) is 11.1 Å². The summed E-state index contributed by atoms with van der Waals surface area (Å²) in [6, 6.07) is 2.88. The molecule has 0 bridgehead atoms. The maximum absolute atomic E-state index is 12.8. The number of hydrogen-bond donors (Lipinski definition) is 4. The molecule has 0 saturated heterocycles. The van der Waals surface area contributed by atoms with Gasteiger partial charge in [-0.25, -0.2) is 19.2 Å². The third-order valence-corrected chi connectivity index (χ3v) is 3.59. The van der Waals surface area contributed by atoms with Crippen LogP contribution in [0, 0.1) is 0 Å². The molecule has 28 heavy (non-hydrogen) atoms. The number of hydrogen-bond acceptors (Lipinski definition) is 6. The van der Waals surface area contributed by atoms with Crippen LogP contribution in [-0.2, 0) is 0 Å². The van der Waals surface area contributed by atoms with E-state index in [9.17, 15) is 28.2 Å². The van der Waals surface area contributed by atoms with Gasteiger partial charge in [0, 0.05) is 9.05 Å². The summed E-state index contributed by atoms with van der Waals surface area (Å²) in [6.45, 7) is 0. The molecule has 0 aromatic heterocycles. The van der Waals surface area contributed by atoms with Crippen LogP contribution in [0.4, 0.5) is 9.05 Å². The van der Waals surface area contributed by atoms with Crippen molar-refractivity contribution in [2.45, 2.75) is 0 Å². The first kappa shape index (κ1) is 20.1. The van der Waals surface area contributed by atoms with E-state index in [1.807, 2.05) is 0 Å². The Morgan fingerprint density at radius 1 is 0.607 bits per heavy atom. The third kappa shape index (κ3) is 3.51. The highest BCUT2D eigenvalue weighted by Crippen LogP contribution is 2.35. The number of halogens is 2. The molecule has 0 aliphatic carbocycles. The average molecular weight is 398 g/mol. The molecule has 2 rings (SSSR count). The van der Waals surface area contributed by atoms with E-state index < -0.39 is 57.6 Å². The summed E-state index contributed by atoms with van der Waals surface area (Å²) >= 11 is 0. The van der Waals surface area contributed by atoms with Crippen LogP contribution < -0.4 is 9.88 Å². The SMILES string of the molecule is O=C(O)c1cc(-c2cc(OF)c(C(=O)O)c(C(=O)O)c2)cc(OF)c1C(=O)O. The van der Waals surface area contributed by atoms with Crippen LogP contribution in [-0.4, -0.2) is 44.3 Å². The molecular formula is C16H8F2O10. The van der Waals surface area contributed by atoms with Crippen molar-refractivity contribution in [1.82, 2.24) is 0 Å². The molecule has 2 aromatic rings. The maximum Gasteiger partial charge on any atom is 0.340 e. The fourth-order valence-electron chi connectivity index (χ4n) is 2.46. The van der Waals surface area contributed by atoms with E-state index in [2.05, 4.69) is 9.88 Å². The van der Waals surface area contributed by atoms with Crippen molar-refractivity contribution in [3.63, 3.8) is 0 Å². The molecule has 0 amide bonds. The molecule has 0 unspecified atom stereocenters. The Hall–Kier alpha value is -4.22. The quantitative estimate of drug-likeness (QED) is 0.544. The van der Waals surface area contributed by atoms with Gasteiger partial charge >= 0.3 is 23.9 Å². The zero-order chi connectivity index (χ0) is 21.2. The fourth-order valence-corrected chi connectivity index (χ4v) is 2.46. The second-order valence-electron chi connectivity index (χ2n) is 5.17. The Bertz CT molecular complexity index is 933. The molecule has 0 fully saturated rings. The molecule has 146 valence electrons. The van der Waals surface area contributed by atoms with Crippen molar-refractivity contribution in [3.8, 4) is 22.6 Å². The van der Waals surface area contributed by atoms with E-state index in [4.69, 9.17) is 20.4 Å². The lowest BCUT2D eigenvalue weighted by molar-refractivity contribution is -0.00811. The predicted molar refractivity (Wildman–Crippen MR) is 83.2 cm³/mol. The zero-order valence-electron chi connectivity index (χ0n) is 13.3. The van der Waals surface area contributed by atoms with Gasteiger partial charge in [-0.2, -0.15) is 0 Å². The third-order valence-electron chi connectivity index (χ3n) is 3.59. The lowest BCUT2D eigenvalue weighted by atomic mass is 9.94. The van der Waals surface area contributed by atoms with Gasteiger partial charge < -0.3 is 20.4 Å². The van der Waals surface area contributed by atoms with Gasteiger partial charge in [0.05, 0.1) is 11.1 Å². The number of aromatic carboxylic acids is 4. The van der Waals surface area contributed by atoms with E-state index in [1.54, 1.807) is 0 Å². The second-order valence-corrected chi connectivity index (χ2v) is 5.17. The maximum atomic E-state index is 12.8. The minimum absolute atomic E-state index is 0.312. The molecule has 10 nitrogen and oxygen atoms in total. The highest BCUT2D eigenvalue weighted by molar-refractivity contribution is 6.07. The summed E-state index contributed by atoms with van der Waals surface area (Å²) in [4.78, 5) is 51.8. The van der Waals surface area contributed by atoms with Crippen molar-refractivity contribution in [1.29, 1.82) is 0 Å². The van der Waals surface area contributed by atoms with Gasteiger partial charge in [0.1, 0.15) is 11.1 Å². The van der Waals surface area contributed by atoms with Crippen molar-refractivity contribution in [3.05, 3.63) is 46.5 Å². The molecule has 0 saturated carbocycles. The summed E-state index contributed by atoms with van der Waals surface area (Å²) in [5.41, 5.74) is -4.51. The number of benzene rings is 2. The minimum Gasteiger partial charge on any atom is -0.478 e. The minimum atomic E-state index is -1.82. The smallest absolute Gasteiger partial charge is 0.340 e. The fraction of sp³-hybridized carbons (Fsp3) is 0. The van der Waals surface area contributed by atoms with E-state index in [0.717, 1.165) is 12.1 Å². The van der Waals surface area contributed by atoms with Gasteiger partial charge in [-0.05, 0) is 35.4 Å². The van der Waals surface area contributed by atoms with Gasteiger partial charge in [0.25, 0.3) is 0 Å². The first-order valence-electron chi connectivity index (χ1n) is 6.99. The topological polar surface area (TPSA) is 168 Å². The first-order chi connectivity index (χ1) is 13.1. The van der Waals surface area contributed by atoms with E-state index in [0.29, 0.717) is 12.1 Å². The highest BCUT2D eigenvalue weighted by Gasteiger charge is 2.27. The number of rotatable bonds is 7. The average Bonchev–Trinajstić information content (AvgIpc) is 2.65. The van der Waals surface area contributed by atoms with Crippen molar-refractivity contribution in [2.75, 3.05) is 0 Å². The predicted octanol–water partition coefficient (Wildman–Crippen LogP) is 2.67. The van der Waals surface area contributed by atoms with Gasteiger partial charge in [0.2, 0.25) is 0 Å². The Morgan fingerprint density at radius 3 is 1.14 bits per heavy atom. The summed E-state index contributed by atoms with van der Waals surface area (Å²) < 4.78 is 25.6. The number of carboxylic acids is 4. The highest BCUT2D eigenvalue weighted by atomic mass is 19.3. The van der Waals surface area contributed by atoms with Gasteiger partial charge in [-0.3, -0.25) is 9.88 Å². The van der Waals surface area contributed by atoms with Gasteiger partial charge in [-0.15, -0.1) is 0 Å². The van der Waals surface area contributed by atoms with Gasteiger partial charge in [-0.1, -0.05) is 0 Å². The largest absolute Gasteiger partial charge is 0.478 e. The Kier molecular flexibility index (Phi) is 5.43. The van der Waals surface area contributed by atoms with E-state index >= 15 is 0 Å². The lowest BCUT2D eigenvalue weighted by Crippen LogP contribution is -2.11. The molecule has 4 N–H and O–H groups in total. The van der Waals surface area contributed by atoms with Crippen LogP contribution in [0.3, 0.4) is 0 Å². The van der Waals surface area contributed by atoms with Crippen LogP contribution in [0.1, 0.15) is 41.4 Å². The standard InChI is InChI=1S/C16H8F2O10/c17-27-9-3-5(1-7(13(19)20)11(9)15(23)24)6-2-8(14(21)22)12(16(25)26)10(4-6)28-18/h1-4H,(H,19,20)(H,21,22)(H,23,24)(H,25,26). The normalized spacial score (nSPS) is 10.2. The molecule has 0 atom stereocenters. The Labute approximate surface area is 152 Å². The van der Waals surface area contributed by atoms with Crippen LogP contribution >= 0.6 is 0 Å². The monoisotopic (exact) mass is 398 g/mol. The van der Waals surface area contributed by atoms with Gasteiger partial charge in [0.15, 0.2) is 11.5 Å². The summed E-state index contributed by atoms with van der Waals surface area (Å²) in [5.74, 6) is -9.25. The Morgan fingerprint density at radius 2 is 0.929 bits per heavy atom. The molecule has 0 aliphatic rings. The first-order valence-corrected chi connectivity index (χ1v) is 6.99. The van der Waals surface area contributed by atoms with Crippen LogP contribution in [0.15, 0.2) is 24.3 Å². The Balaban J connectivity index is 2.88. The molecular weight excluding hydrogens is 390 g/mol. The number of carboxylic acid groups (broad SMARTS) is 4. The molecule has 0 spiro atoms. The van der Waals surface area contributed by atoms with E-state index in [-0.39, 0.29) is 11.1 Å². The molecule has 0 aliphatic heterocycles. The van der Waals surface area contributed by atoms with Crippen LogP contribution in [0.2, 0.25) is 0 Å².